The molecule has 0 amide bonds. The largest absolute Gasteiger partial charge is 0.493 e. The summed E-state index contributed by atoms with van der Waals surface area (Å²) in [6, 6.07) is 4.69. The number of benzene rings is 1. The first-order valence-electron chi connectivity index (χ1n) is 4.66. The Bertz CT molecular complexity index is 384. The van der Waals surface area contributed by atoms with E-state index in [0.29, 0.717) is 4.47 Å². The van der Waals surface area contributed by atoms with Crippen molar-refractivity contribution in [1.29, 1.82) is 0 Å². The van der Waals surface area contributed by atoms with Crippen LogP contribution in [0.5, 0.6) is 11.5 Å². The number of hydrogen-bond acceptors (Lipinski definition) is 3. The monoisotopic (exact) mass is 313 g/mol. The number of para-hydroxylation sites is 1. The van der Waals surface area contributed by atoms with E-state index in [1.54, 1.807) is 12.1 Å². The van der Waals surface area contributed by atoms with Crippen LogP contribution in [0.15, 0.2) is 22.7 Å². The van der Waals surface area contributed by atoms with E-state index in [0.717, 1.165) is 0 Å². The molecule has 96 valence electrons. The fraction of sp³-hybridized carbons (Fsp3) is 0.400. The van der Waals surface area contributed by atoms with Gasteiger partial charge in [-0.05, 0) is 28.1 Å². The van der Waals surface area contributed by atoms with Crippen LogP contribution in [-0.2, 0) is 0 Å². The molecule has 17 heavy (non-hydrogen) atoms. The van der Waals surface area contributed by atoms with Gasteiger partial charge in [-0.15, -0.1) is 0 Å². The van der Waals surface area contributed by atoms with E-state index in [1.807, 2.05) is 0 Å². The van der Waals surface area contributed by atoms with E-state index in [-0.39, 0.29) is 11.5 Å². The predicted molar refractivity (Wildman–Crippen MR) is 60.2 cm³/mol. The van der Waals surface area contributed by atoms with Crippen LogP contribution in [0.3, 0.4) is 0 Å². The molecule has 0 fully saturated rings. The number of halogens is 4. The molecule has 0 aromatic heterocycles. The van der Waals surface area contributed by atoms with Crippen molar-refractivity contribution < 1.29 is 22.6 Å². The normalized spacial score (nSPS) is 13.3. The number of alkyl halides is 3. The minimum absolute atomic E-state index is 0.0113. The summed E-state index contributed by atoms with van der Waals surface area (Å²) in [5.41, 5.74) is 5.05. The molecule has 0 saturated heterocycles. The molecule has 7 heteroatoms. The minimum atomic E-state index is -4.52. The van der Waals surface area contributed by atoms with Gasteiger partial charge in [-0.3, -0.25) is 0 Å². The lowest BCUT2D eigenvalue weighted by Gasteiger charge is -2.22. The lowest BCUT2D eigenvalue weighted by Crippen LogP contribution is -2.40. The average Bonchev–Trinajstić information content (AvgIpc) is 2.25. The predicted octanol–water partition coefficient (Wildman–Crippen LogP) is 2.73. The van der Waals surface area contributed by atoms with E-state index < -0.39 is 18.8 Å². The first kappa shape index (κ1) is 14.1. The summed E-state index contributed by atoms with van der Waals surface area (Å²) in [6.07, 6.45) is -6.58. The molecular formula is C10H11BrF3NO2. The molecule has 1 atom stereocenters. The molecule has 0 spiro atoms. The van der Waals surface area contributed by atoms with Gasteiger partial charge >= 0.3 is 6.18 Å². The van der Waals surface area contributed by atoms with E-state index in [9.17, 15) is 13.2 Å². The van der Waals surface area contributed by atoms with Gasteiger partial charge in [0.2, 0.25) is 6.10 Å². The summed E-state index contributed by atoms with van der Waals surface area (Å²) >= 11 is 3.10. The van der Waals surface area contributed by atoms with Gasteiger partial charge in [0.25, 0.3) is 0 Å². The highest BCUT2D eigenvalue weighted by Gasteiger charge is 2.41. The Morgan fingerprint density at radius 1 is 1.41 bits per heavy atom. The van der Waals surface area contributed by atoms with Crippen LogP contribution in [0, 0.1) is 0 Å². The average molecular weight is 314 g/mol. The molecule has 0 aliphatic rings. The van der Waals surface area contributed by atoms with Crippen LogP contribution < -0.4 is 15.2 Å². The van der Waals surface area contributed by atoms with Crippen LogP contribution in [0.1, 0.15) is 0 Å². The van der Waals surface area contributed by atoms with Crippen molar-refractivity contribution in [3.05, 3.63) is 22.7 Å². The quantitative estimate of drug-likeness (QED) is 0.929. The number of nitrogens with two attached hydrogens (primary N) is 1. The van der Waals surface area contributed by atoms with E-state index in [1.165, 1.54) is 13.2 Å². The summed E-state index contributed by atoms with van der Waals surface area (Å²) in [4.78, 5) is 0. The van der Waals surface area contributed by atoms with Gasteiger partial charge in [0, 0.05) is 6.54 Å². The third kappa shape index (κ3) is 3.50. The van der Waals surface area contributed by atoms with Gasteiger partial charge in [0.05, 0.1) is 11.6 Å². The Balaban J connectivity index is 3.01. The molecule has 2 N–H and O–H groups in total. The van der Waals surface area contributed by atoms with Gasteiger partial charge in [0.1, 0.15) is 0 Å². The third-order valence-electron chi connectivity index (χ3n) is 1.99. The molecule has 0 bridgehead atoms. The van der Waals surface area contributed by atoms with E-state index in [2.05, 4.69) is 15.9 Å². The first-order valence-corrected chi connectivity index (χ1v) is 5.45. The molecule has 1 aromatic carbocycles. The maximum atomic E-state index is 12.5. The lowest BCUT2D eigenvalue weighted by molar-refractivity contribution is -0.191. The summed E-state index contributed by atoms with van der Waals surface area (Å²) in [7, 11) is 1.35. The maximum Gasteiger partial charge on any atom is 0.426 e. The number of methoxy groups -OCH3 is 1. The molecule has 1 rings (SSSR count). The second-order valence-corrected chi connectivity index (χ2v) is 4.01. The highest BCUT2D eigenvalue weighted by molar-refractivity contribution is 9.10. The number of ether oxygens (including phenoxy) is 2. The van der Waals surface area contributed by atoms with Crippen molar-refractivity contribution in [2.24, 2.45) is 5.73 Å². The summed E-state index contributed by atoms with van der Waals surface area (Å²) in [5.74, 6) is 0.199. The Labute approximate surface area is 105 Å². The molecule has 0 saturated carbocycles. The van der Waals surface area contributed by atoms with E-state index in [4.69, 9.17) is 15.2 Å². The smallest absolute Gasteiger partial charge is 0.426 e. The Kier molecular flexibility index (Phi) is 4.64. The first-order chi connectivity index (χ1) is 7.90. The van der Waals surface area contributed by atoms with Crippen molar-refractivity contribution in [2.75, 3.05) is 13.7 Å². The molecule has 1 unspecified atom stereocenters. The van der Waals surface area contributed by atoms with Crippen LogP contribution >= 0.6 is 15.9 Å². The Morgan fingerprint density at radius 3 is 2.53 bits per heavy atom. The fourth-order valence-electron chi connectivity index (χ4n) is 1.15. The van der Waals surface area contributed by atoms with Crippen molar-refractivity contribution >= 4 is 15.9 Å². The standard InChI is InChI=1S/C10H11BrF3NO2/c1-16-7-4-2-3-6(11)9(7)17-8(5-15)10(12,13)14/h2-4,8H,5,15H2,1H3. The summed E-state index contributed by atoms with van der Waals surface area (Å²) in [6.45, 7) is -0.659. The van der Waals surface area contributed by atoms with Crippen LogP contribution in [0.25, 0.3) is 0 Å². The summed E-state index contributed by atoms with van der Waals surface area (Å²) in [5, 5.41) is 0. The van der Waals surface area contributed by atoms with Crippen molar-refractivity contribution in [2.45, 2.75) is 12.3 Å². The molecule has 0 aliphatic carbocycles. The zero-order valence-corrected chi connectivity index (χ0v) is 10.5. The molecule has 0 heterocycles. The zero-order valence-electron chi connectivity index (χ0n) is 8.92. The highest BCUT2D eigenvalue weighted by atomic mass is 79.9. The fourth-order valence-corrected chi connectivity index (χ4v) is 1.60. The molecule has 0 aliphatic heterocycles. The maximum absolute atomic E-state index is 12.5. The van der Waals surface area contributed by atoms with Gasteiger partial charge in [-0.2, -0.15) is 13.2 Å². The van der Waals surface area contributed by atoms with Crippen molar-refractivity contribution in [1.82, 2.24) is 0 Å². The molecule has 1 aromatic rings. The van der Waals surface area contributed by atoms with E-state index >= 15 is 0 Å². The van der Waals surface area contributed by atoms with Crippen molar-refractivity contribution in [3.8, 4) is 11.5 Å². The van der Waals surface area contributed by atoms with Gasteiger partial charge in [0.15, 0.2) is 11.5 Å². The summed E-state index contributed by atoms with van der Waals surface area (Å²) < 4.78 is 47.7. The van der Waals surface area contributed by atoms with Gasteiger partial charge < -0.3 is 15.2 Å². The minimum Gasteiger partial charge on any atom is -0.493 e. The molecule has 0 radical (unpaired) electrons. The van der Waals surface area contributed by atoms with Crippen LogP contribution in [0.4, 0.5) is 13.2 Å². The molecular weight excluding hydrogens is 303 g/mol. The zero-order chi connectivity index (χ0) is 13.1. The second-order valence-electron chi connectivity index (χ2n) is 3.16. The third-order valence-corrected chi connectivity index (χ3v) is 2.61. The topological polar surface area (TPSA) is 44.5 Å². The molecule has 3 nitrogen and oxygen atoms in total. The highest BCUT2D eigenvalue weighted by Crippen LogP contribution is 2.37. The lowest BCUT2D eigenvalue weighted by atomic mass is 10.3. The number of hydrogen-bond donors (Lipinski definition) is 1. The SMILES string of the molecule is COc1cccc(Br)c1OC(CN)C(F)(F)F. The van der Waals surface area contributed by atoms with Crippen LogP contribution in [-0.4, -0.2) is 25.9 Å². The van der Waals surface area contributed by atoms with Gasteiger partial charge in [-0.1, -0.05) is 6.07 Å². The van der Waals surface area contributed by atoms with Crippen LogP contribution in [0.2, 0.25) is 0 Å². The Hall–Kier alpha value is -0.950. The second kappa shape index (κ2) is 5.59. The Morgan fingerprint density at radius 2 is 2.06 bits per heavy atom. The van der Waals surface area contributed by atoms with Crippen molar-refractivity contribution in [3.63, 3.8) is 0 Å². The number of rotatable bonds is 4. The van der Waals surface area contributed by atoms with Gasteiger partial charge in [-0.25, -0.2) is 0 Å².